The lowest BCUT2D eigenvalue weighted by atomic mass is 9.81. The van der Waals surface area contributed by atoms with Crippen LogP contribution in [0.25, 0.3) is 0 Å². The molecular weight excluding hydrogens is 681 g/mol. The van der Waals surface area contributed by atoms with E-state index in [1.165, 1.54) is 96.8 Å². The molecule has 0 bridgehead atoms. The lowest BCUT2D eigenvalue weighted by molar-refractivity contribution is -0.701. The molecule has 1 fully saturated rings. The Balaban J connectivity index is 0.0000101. The summed E-state index contributed by atoms with van der Waals surface area (Å²) in [6.45, 7) is 7.07. The summed E-state index contributed by atoms with van der Waals surface area (Å²) in [5.41, 5.74) is 0.840. The van der Waals surface area contributed by atoms with Crippen LogP contribution in [-0.4, -0.2) is 42.2 Å². The van der Waals surface area contributed by atoms with Crippen LogP contribution >= 0.6 is 0 Å². The number of ether oxygens (including phenoxy) is 2. The average Bonchev–Trinajstić information content (AvgIpc) is 2.99. The molecule has 0 saturated heterocycles. The monoisotopic (exact) mass is 743 g/mol. The van der Waals surface area contributed by atoms with Gasteiger partial charge in [-0.3, -0.25) is 4.79 Å². The van der Waals surface area contributed by atoms with Crippen LogP contribution in [0.1, 0.15) is 148 Å². The smallest absolute Gasteiger partial charge is 0.417 e. The number of rotatable bonds is 24. The maximum absolute atomic E-state index is 13.1. The average molecular weight is 744 g/mol. The molecule has 258 valence electrons. The van der Waals surface area contributed by atoms with E-state index >= 15 is 0 Å². The fourth-order valence-electron chi connectivity index (χ4n) is 5.77. The Kier molecular flexibility index (Phi) is 23.9. The molecule has 1 N–H and O–H groups in total. The molecule has 0 radical (unpaired) electrons. The lowest BCUT2D eigenvalue weighted by Gasteiger charge is -2.33. The predicted molar refractivity (Wildman–Crippen MR) is 175 cm³/mol. The van der Waals surface area contributed by atoms with Crippen LogP contribution in [0.3, 0.4) is 0 Å². The second kappa shape index (κ2) is 26.2. The summed E-state index contributed by atoms with van der Waals surface area (Å²) in [7, 11) is 0. The van der Waals surface area contributed by atoms with Crippen LogP contribution in [0.4, 0.5) is 9.59 Å². The van der Waals surface area contributed by atoms with Crippen LogP contribution in [0.2, 0.25) is 0 Å². The van der Waals surface area contributed by atoms with E-state index in [0.717, 1.165) is 49.2 Å². The third-order valence-corrected chi connectivity index (χ3v) is 8.90. The Hall–Kier alpha value is -1.91. The van der Waals surface area contributed by atoms with Gasteiger partial charge in [-0.2, -0.15) is 0 Å². The zero-order valence-electron chi connectivity index (χ0n) is 28.5. The first-order valence-electron chi connectivity index (χ1n) is 17.8. The van der Waals surface area contributed by atoms with Gasteiger partial charge in [-0.05, 0) is 32.1 Å². The van der Waals surface area contributed by atoms with Gasteiger partial charge in [0.05, 0.1) is 0 Å². The Morgan fingerprint density at radius 3 is 1.91 bits per heavy atom. The Morgan fingerprint density at radius 1 is 0.867 bits per heavy atom. The summed E-state index contributed by atoms with van der Waals surface area (Å²) in [6.07, 6.45) is 24.1. The number of pyridine rings is 1. The number of carbonyl (C=O) groups excluding carboxylic acids is 3. The molecule has 0 spiro atoms. The van der Waals surface area contributed by atoms with Crippen LogP contribution in [0.15, 0.2) is 24.4 Å². The predicted octanol–water partition coefficient (Wildman–Crippen LogP) is 5.64. The number of alkyl carbamates (subject to hydrolysis) is 1. The Bertz CT molecular complexity index is 943. The van der Waals surface area contributed by atoms with Gasteiger partial charge in [0, 0.05) is 25.6 Å². The maximum atomic E-state index is 13.1. The first-order valence-corrected chi connectivity index (χ1v) is 17.8. The molecule has 9 heteroatoms. The van der Waals surface area contributed by atoms with Crippen LogP contribution in [0.5, 0.6) is 0 Å². The molecule has 3 amide bonds. The normalized spacial score (nSPS) is 13.3. The molecule has 1 aliphatic rings. The van der Waals surface area contributed by atoms with Crippen molar-refractivity contribution < 1.29 is 52.4 Å². The van der Waals surface area contributed by atoms with Crippen molar-refractivity contribution in [3.8, 4) is 0 Å². The number of nitrogens with one attached hydrogen (secondary N) is 1. The minimum Gasteiger partial charge on any atom is -1.00 e. The minimum atomic E-state index is -0.696. The summed E-state index contributed by atoms with van der Waals surface area (Å²) in [6, 6.07) is 5.69. The second-order valence-electron chi connectivity index (χ2n) is 12.5. The van der Waals surface area contributed by atoms with Gasteiger partial charge in [-0.25, -0.2) is 19.1 Å². The number of hydrogen-bond acceptors (Lipinski definition) is 5. The van der Waals surface area contributed by atoms with Crippen molar-refractivity contribution >= 4 is 18.1 Å². The van der Waals surface area contributed by atoms with Crippen molar-refractivity contribution in [3.05, 3.63) is 30.1 Å². The number of imide groups is 1. The molecule has 0 aliphatic heterocycles. The van der Waals surface area contributed by atoms with E-state index < -0.39 is 18.3 Å². The number of halogens is 1. The topological polar surface area (TPSA) is 88.8 Å². The van der Waals surface area contributed by atoms with Crippen LogP contribution in [0, 0.1) is 5.92 Å². The molecule has 1 aromatic heterocycles. The number of carbonyl (C=O) groups is 3. The first kappa shape index (κ1) is 41.1. The highest BCUT2D eigenvalue weighted by Gasteiger charge is 2.34. The van der Waals surface area contributed by atoms with Gasteiger partial charge < -0.3 is 38.8 Å². The zero-order chi connectivity index (χ0) is 31.8. The molecule has 45 heavy (non-hydrogen) atoms. The van der Waals surface area contributed by atoms with E-state index in [1.807, 2.05) is 35.9 Å². The summed E-state index contributed by atoms with van der Waals surface area (Å²) < 4.78 is 13.2. The van der Waals surface area contributed by atoms with Crippen molar-refractivity contribution in [2.45, 2.75) is 162 Å². The van der Waals surface area contributed by atoms with Crippen LogP contribution < -0.4 is 33.9 Å². The third kappa shape index (κ3) is 18.1. The third-order valence-electron chi connectivity index (χ3n) is 8.90. The number of hydrogen-bond donors (Lipinski definition) is 1. The van der Waals surface area contributed by atoms with Gasteiger partial charge in [-0.1, -0.05) is 116 Å². The Morgan fingerprint density at radius 2 is 1.42 bits per heavy atom. The van der Waals surface area contributed by atoms with Crippen molar-refractivity contribution in [2.75, 3.05) is 13.2 Å². The second-order valence-corrected chi connectivity index (χ2v) is 12.5. The number of aryl methyl sites for hydroxylation is 1. The number of unbranched alkanes of at least 4 members (excludes halogenated alkanes) is 15. The summed E-state index contributed by atoms with van der Waals surface area (Å²) >= 11 is 0. The highest BCUT2D eigenvalue weighted by Crippen LogP contribution is 2.32. The van der Waals surface area contributed by atoms with E-state index in [4.69, 9.17) is 9.47 Å². The highest BCUT2D eigenvalue weighted by atomic mass is 127. The van der Waals surface area contributed by atoms with Gasteiger partial charge in [0.15, 0.2) is 6.20 Å². The van der Waals surface area contributed by atoms with E-state index in [1.54, 1.807) is 0 Å². The molecule has 1 aliphatic carbocycles. The van der Waals surface area contributed by atoms with Crippen molar-refractivity contribution in [3.63, 3.8) is 0 Å². The zero-order valence-corrected chi connectivity index (χ0v) is 30.7. The fourth-order valence-corrected chi connectivity index (χ4v) is 5.77. The number of amides is 3. The molecule has 0 aromatic carbocycles. The maximum Gasteiger partial charge on any atom is 0.417 e. The fraction of sp³-hybridized carbons (Fsp3) is 0.778. The SMILES string of the molecule is CCCCCCCCCCCCCCCCCCNC(=O)OCC(OC(=O)N(Cc1cccc[n+]1CC)C(C)=O)C1CCC1.[I-]. The van der Waals surface area contributed by atoms with E-state index in [2.05, 4.69) is 12.2 Å². The minimum absolute atomic E-state index is 0. The summed E-state index contributed by atoms with van der Waals surface area (Å²) in [5.74, 6) is -0.246. The molecule has 1 saturated carbocycles. The molecular formula is C36H62IN3O5. The molecule has 1 aromatic rings. The van der Waals surface area contributed by atoms with Gasteiger partial charge in [0.25, 0.3) is 0 Å². The molecule has 1 heterocycles. The van der Waals surface area contributed by atoms with Crippen LogP contribution in [-0.2, 0) is 27.4 Å². The van der Waals surface area contributed by atoms with Gasteiger partial charge in [-0.15, -0.1) is 0 Å². The van der Waals surface area contributed by atoms with E-state index in [0.29, 0.717) is 6.54 Å². The van der Waals surface area contributed by atoms with Crippen molar-refractivity contribution in [1.82, 2.24) is 10.2 Å². The molecule has 1 unspecified atom stereocenters. The standard InChI is InChI=1S/C36H61N3O5.HI/c1-4-6-7-8-9-10-11-12-13-14-15-16-17-18-19-21-27-37-35(41)43-30-34(32-24-23-25-32)44-36(42)39(31(3)40)29-33-26-20-22-28-38(33)5-2;/h20,22,26,28,32,34H,4-19,21,23-25,27,29-30H2,1-3H3;1H. The largest absolute Gasteiger partial charge is 1.00 e. The van der Waals surface area contributed by atoms with Crippen molar-refractivity contribution in [1.29, 1.82) is 0 Å². The highest BCUT2D eigenvalue weighted by molar-refractivity contribution is 5.90. The summed E-state index contributed by atoms with van der Waals surface area (Å²) in [4.78, 5) is 38.8. The number of nitrogens with zero attached hydrogens (tertiary/aromatic N) is 2. The van der Waals surface area contributed by atoms with Gasteiger partial charge in [0.2, 0.25) is 11.6 Å². The Labute approximate surface area is 290 Å². The van der Waals surface area contributed by atoms with Gasteiger partial charge >= 0.3 is 12.2 Å². The van der Waals surface area contributed by atoms with E-state index in [-0.39, 0.29) is 49.0 Å². The van der Waals surface area contributed by atoms with Gasteiger partial charge in [0.1, 0.15) is 25.8 Å². The molecule has 1 atom stereocenters. The lowest BCUT2D eigenvalue weighted by Crippen LogP contribution is -3.00. The molecule has 2 rings (SSSR count). The first-order chi connectivity index (χ1) is 21.5. The quantitative estimate of drug-likeness (QED) is 0.0842. The summed E-state index contributed by atoms with van der Waals surface area (Å²) in [5, 5.41) is 2.83. The molecule has 8 nitrogen and oxygen atoms in total. The van der Waals surface area contributed by atoms with E-state index in [9.17, 15) is 14.4 Å². The number of aromatic nitrogens is 1. The van der Waals surface area contributed by atoms with Crippen molar-refractivity contribution in [2.24, 2.45) is 5.92 Å².